The van der Waals surface area contributed by atoms with Crippen LogP contribution in [0.25, 0.3) is 0 Å². The summed E-state index contributed by atoms with van der Waals surface area (Å²) in [5.74, 6) is 0.105. The lowest BCUT2D eigenvalue weighted by atomic mass is 9.98. The molecule has 1 fully saturated rings. The van der Waals surface area contributed by atoms with E-state index in [1.165, 1.54) is 9.87 Å². The topological polar surface area (TPSA) is 66.5 Å². The van der Waals surface area contributed by atoms with Gasteiger partial charge in [0.25, 0.3) is 0 Å². The molecule has 0 radical (unpaired) electrons. The molecule has 0 saturated carbocycles. The van der Waals surface area contributed by atoms with Crippen LogP contribution in [-0.4, -0.2) is 31.7 Å². The highest BCUT2D eigenvalue weighted by molar-refractivity contribution is 7.89. The van der Waals surface area contributed by atoms with Gasteiger partial charge in [-0.3, -0.25) is 4.79 Å². The summed E-state index contributed by atoms with van der Waals surface area (Å²) in [6.07, 6.45) is 2.99. The summed E-state index contributed by atoms with van der Waals surface area (Å²) in [6, 6.07) is 12.3. The number of amides is 1. The van der Waals surface area contributed by atoms with Gasteiger partial charge in [-0.25, -0.2) is 8.42 Å². The van der Waals surface area contributed by atoms with E-state index in [4.69, 9.17) is 0 Å². The van der Waals surface area contributed by atoms with Gasteiger partial charge in [-0.05, 0) is 59.6 Å². The number of carbonyl (C=O) groups excluding carboxylic acids is 1. The van der Waals surface area contributed by atoms with Crippen LogP contribution in [-0.2, 0) is 27.7 Å². The van der Waals surface area contributed by atoms with Gasteiger partial charge in [0, 0.05) is 13.1 Å². The summed E-state index contributed by atoms with van der Waals surface area (Å²) < 4.78 is 28.2. The number of benzene rings is 2. The van der Waals surface area contributed by atoms with Crippen molar-refractivity contribution < 1.29 is 13.2 Å². The third kappa shape index (κ3) is 3.35. The van der Waals surface area contributed by atoms with E-state index >= 15 is 0 Å². The third-order valence-corrected chi connectivity index (χ3v) is 7.62. The Bertz CT molecular complexity index is 997. The first kappa shape index (κ1) is 19.2. The Labute approximate surface area is 166 Å². The summed E-state index contributed by atoms with van der Waals surface area (Å²) in [7, 11) is -3.77. The number of piperazine rings is 1. The maximum absolute atomic E-state index is 13.4. The van der Waals surface area contributed by atoms with E-state index in [2.05, 4.69) is 19.2 Å². The third-order valence-electron chi connectivity index (χ3n) is 5.76. The molecule has 1 amide bonds. The molecule has 0 spiro atoms. The van der Waals surface area contributed by atoms with Gasteiger partial charge < -0.3 is 5.32 Å². The summed E-state index contributed by atoms with van der Waals surface area (Å²) in [4.78, 5) is 13.0. The van der Waals surface area contributed by atoms with Crippen LogP contribution in [0.4, 0.5) is 0 Å². The minimum Gasteiger partial charge on any atom is -0.353 e. The van der Waals surface area contributed by atoms with Gasteiger partial charge in [-0.15, -0.1) is 0 Å². The molecule has 2 aromatic rings. The van der Waals surface area contributed by atoms with Gasteiger partial charge in [0.15, 0.2) is 0 Å². The summed E-state index contributed by atoms with van der Waals surface area (Å²) in [5, 5.41) is 2.82. The van der Waals surface area contributed by atoms with Crippen molar-refractivity contribution in [3.8, 4) is 0 Å². The Hall–Kier alpha value is -2.18. The predicted octanol–water partition coefficient (Wildman–Crippen LogP) is 3.16. The van der Waals surface area contributed by atoms with E-state index in [0.29, 0.717) is 18.0 Å². The smallest absolute Gasteiger partial charge is 0.244 e. The van der Waals surface area contributed by atoms with Crippen LogP contribution in [0.2, 0.25) is 0 Å². The van der Waals surface area contributed by atoms with Crippen molar-refractivity contribution in [1.29, 1.82) is 0 Å². The van der Waals surface area contributed by atoms with Crippen LogP contribution in [0.1, 0.15) is 54.5 Å². The fourth-order valence-corrected chi connectivity index (χ4v) is 5.76. The number of carbonyl (C=O) groups is 1. The molecule has 5 nitrogen and oxygen atoms in total. The molecule has 0 aromatic heterocycles. The van der Waals surface area contributed by atoms with Crippen molar-refractivity contribution >= 4 is 15.9 Å². The lowest BCUT2D eigenvalue weighted by Gasteiger charge is -2.34. The lowest BCUT2D eigenvalue weighted by Crippen LogP contribution is -2.52. The van der Waals surface area contributed by atoms with E-state index < -0.39 is 16.1 Å². The number of hydrogen-bond donors (Lipinski definition) is 1. The number of aryl methyl sites for hydroxylation is 2. The van der Waals surface area contributed by atoms with Crippen molar-refractivity contribution in [2.75, 3.05) is 13.1 Å². The quantitative estimate of drug-likeness (QED) is 0.860. The Kier molecular flexibility index (Phi) is 5.02. The zero-order valence-corrected chi connectivity index (χ0v) is 17.1. The number of fused-ring (bicyclic) bond motifs is 1. The average molecular weight is 399 g/mol. The zero-order chi connectivity index (χ0) is 19.9. The van der Waals surface area contributed by atoms with Gasteiger partial charge in [-0.1, -0.05) is 44.2 Å². The monoisotopic (exact) mass is 398 g/mol. The van der Waals surface area contributed by atoms with E-state index in [0.717, 1.165) is 30.4 Å². The summed E-state index contributed by atoms with van der Waals surface area (Å²) >= 11 is 0. The Morgan fingerprint density at radius 3 is 2.46 bits per heavy atom. The molecule has 1 unspecified atom stereocenters. The van der Waals surface area contributed by atoms with Crippen LogP contribution in [0.15, 0.2) is 47.4 Å². The van der Waals surface area contributed by atoms with Crippen LogP contribution in [0, 0.1) is 0 Å². The van der Waals surface area contributed by atoms with Crippen LogP contribution in [0.3, 0.4) is 0 Å². The maximum Gasteiger partial charge on any atom is 0.244 e. The van der Waals surface area contributed by atoms with Gasteiger partial charge >= 0.3 is 0 Å². The molecule has 1 aliphatic carbocycles. The van der Waals surface area contributed by atoms with Gasteiger partial charge in [0.05, 0.1) is 4.90 Å². The minimum atomic E-state index is -3.77. The van der Waals surface area contributed by atoms with E-state index in [-0.39, 0.29) is 17.3 Å². The van der Waals surface area contributed by atoms with Crippen LogP contribution < -0.4 is 5.32 Å². The second-order valence-corrected chi connectivity index (χ2v) is 9.81. The van der Waals surface area contributed by atoms with E-state index in [9.17, 15) is 13.2 Å². The maximum atomic E-state index is 13.4. The highest BCUT2D eigenvalue weighted by atomic mass is 32.2. The molecule has 148 valence electrons. The average Bonchev–Trinajstić information content (AvgIpc) is 3.15. The second kappa shape index (κ2) is 7.33. The second-order valence-electron chi connectivity index (χ2n) is 7.91. The van der Waals surface area contributed by atoms with Crippen LogP contribution in [0.5, 0.6) is 0 Å². The number of nitrogens with zero attached hydrogens (tertiary/aromatic N) is 1. The van der Waals surface area contributed by atoms with Gasteiger partial charge in [0.2, 0.25) is 15.9 Å². The first-order chi connectivity index (χ1) is 13.4. The lowest BCUT2D eigenvalue weighted by molar-refractivity contribution is -0.126. The molecule has 1 saturated heterocycles. The highest BCUT2D eigenvalue weighted by Gasteiger charge is 2.39. The largest absolute Gasteiger partial charge is 0.353 e. The molecule has 1 aliphatic heterocycles. The molecule has 2 aliphatic rings. The zero-order valence-electron chi connectivity index (χ0n) is 16.3. The molecule has 1 atom stereocenters. The molecule has 4 rings (SSSR count). The fourth-order valence-electron chi connectivity index (χ4n) is 4.13. The standard InChI is InChI=1S/C22H26N2O3S/c1-15(2)16-6-8-18(9-7-16)21-22(25)23-12-13-24(21)28(26,27)20-11-10-17-4-3-5-19(17)14-20/h6-11,14-15,21H,3-5,12-13H2,1-2H3,(H,23,25). The summed E-state index contributed by atoms with van der Waals surface area (Å²) in [5.41, 5.74) is 4.20. The van der Waals surface area contributed by atoms with Crippen molar-refractivity contribution in [1.82, 2.24) is 9.62 Å². The Morgan fingerprint density at radius 1 is 1.04 bits per heavy atom. The van der Waals surface area contributed by atoms with E-state index in [1.807, 2.05) is 30.3 Å². The first-order valence-corrected chi connectivity index (χ1v) is 11.3. The fraction of sp³-hybridized carbons (Fsp3) is 0.409. The van der Waals surface area contributed by atoms with Crippen LogP contribution >= 0.6 is 0 Å². The number of sulfonamides is 1. The SMILES string of the molecule is CC(C)c1ccc(C2C(=O)NCCN2S(=O)(=O)c2ccc3c(c2)CCC3)cc1. The van der Waals surface area contributed by atoms with Crippen molar-refractivity contribution in [2.24, 2.45) is 0 Å². The normalized spacial score (nSPS) is 20.2. The number of nitrogens with one attached hydrogen (secondary N) is 1. The molecular formula is C22H26N2O3S. The molecule has 2 aromatic carbocycles. The minimum absolute atomic E-state index is 0.266. The van der Waals surface area contributed by atoms with Gasteiger partial charge in [0.1, 0.15) is 6.04 Å². The molecule has 6 heteroatoms. The molecule has 1 N–H and O–H groups in total. The first-order valence-electron chi connectivity index (χ1n) is 9.89. The number of hydrogen-bond acceptors (Lipinski definition) is 3. The van der Waals surface area contributed by atoms with Crippen molar-refractivity contribution in [3.05, 3.63) is 64.7 Å². The van der Waals surface area contributed by atoms with Crippen molar-refractivity contribution in [3.63, 3.8) is 0 Å². The summed E-state index contributed by atoms with van der Waals surface area (Å²) in [6.45, 7) is 4.80. The molecule has 1 heterocycles. The number of rotatable bonds is 4. The van der Waals surface area contributed by atoms with Gasteiger partial charge in [-0.2, -0.15) is 4.31 Å². The van der Waals surface area contributed by atoms with Crippen molar-refractivity contribution in [2.45, 2.75) is 50.0 Å². The Balaban J connectivity index is 1.72. The highest BCUT2D eigenvalue weighted by Crippen LogP contribution is 2.32. The molecule has 0 bridgehead atoms. The van der Waals surface area contributed by atoms with E-state index in [1.54, 1.807) is 12.1 Å². The predicted molar refractivity (Wildman–Crippen MR) is 109 cm³/mol. The molecule has 28 heavy (non-hydrogen) atoms. The molecular weight excluding hydrogens is 372 g/mol. The Morgan fingerprint density at radius 2 is 1.75 bits per heavy atom.